The third kappa shape index (κ3) is 5.81. The Morgan fingerprint density at radius 2 is 1.88 bits per heavy atom. The molecule has 0 aliphatic rings. The smallest absolute Gasteiger partial charge is 0.232 e. The summed E-state index contributed by atoms with van der Waals surface area (Å²) < 4.78 is 10.8. The molecule has 0 bridgehead atoms. The number of benzene rings is 2. The highest BCUT2D eigenvalue weighted by Gasteiger charge is 2.09. The van der Waals surface area contributed by atoms with Crippen LogP contribution in [-0.2, 0) is 4.79 Å². The molecule has 0 fully saturated rings. The summed E-state index contributed by atoms with van der Waals surface area (Å²) in [6.07, 6.45) is 0. The van der Waals surface area contributed by atoms with Gasteiger partial charge in [-0.1, -0.05) is 12.1 Å². The number of thioether (sulfide) groups is 1. The van der Waals surface area contributed by atoms with Gasteiger partial charge in [0, 0.05) is 11.9 Å². The van der Waals surface area contributed by atoms with Crippen molar-refractivity contribution in [1.82, 2.24) is 4.90 Å². The molecular weight excluding hydrogens is 322 g/mol. The van der Waals surface area contributed by atoms with Crippen LogP contribution in [0.3, 0.4) is 0 Å². The van der Waals surface area contributed by atoms with E-state index < -0.39 is 0 Å². The van der Waals surface area contributed by atoms with Gasteiger partial charge in [-0.25, -0.2) is 0 Å². The maximum Gasteiger partial charge on any atom is 0.232 e. The van der Waals surface area contributed by atoms with E-state index in [1.807, 2.05) is 55.5 Å². The van der Waals surface area contributed by atoms with E-state index in [-0.39, 0.29) is 5.91 Å². The van der Waals surface area contributed by atoms with E-state index in [1.165, 1.54) is 11.8 Å². The molecule has 0 N–H and O–H groups in total. The highest BCUT2D eigenvalue weighted by molar-refractivity contribution is 8.00. The number of rotatable bonds is 8. The maximum absolute atomic E-state index is 12.2. The predicted molar refractivity (Wildman–Crippen MR) is 98.0 cm³/mol. The molecule has 1 amide bonds. The number of amides is 1. The number of carbonyl (C=O) groups excluding carboxylic acids is 1. The largest absolute Gasteiger partial charge is 0.497 e. The Morgan fingerprint density at radius 3 is 2.54 bits per heavy atom. The van der Waals surface area contributed by atoms with Crippen LogP contribution in [0.25, 0.3) is 0 Å². The van der Waals surface area contributed by atoms with Gasteiger partial charge in [0.1, 0.15) is 18.1 Å². The lowest BCUT2D eigenvalue weighted by molar-refractivity contribution is -0.127. The lowest BCUT2D eigenvalue weighted by atomic mass is 10.2. The molecule has 128 valence electrons. The molecule has 2 rings (SSSR count). The molecular formula is C19H23NO3S. The van der Waals surface area contributed by atoms with Gasteiger partial charge >= 0.3 is 0 Å². The van der Waals surface area contributed by atoms with E-state index in [4.69, 9.17) is 9.47 Å². The topological polar surface area (TPSA) is 38.8 Å². The number of ether oxygens (including phenoxy) is 2. The lowest BCUT2D eigenvalue weighted by Crippen LogP contribution is -2.32. The second-order valence-corrected chi connectivity index (χ2v) is 6.49. The molecule has 0 heterocycles. The molecule has 0 atom stereocenters. The minimum absolute atomic E-state index is 0.0867. The number of nitrogens with zero attached hydrogens (tertiary/aromatic N) is 1. The predicted octanol–water partition coefficient (Wildman–Crippen LogP) is 3.63. The van der Waals surface area contributed by atoms with Crippen LogP contribution in [0, 0.1) is 6.92 Å². The van der Waals surface area contributed by atoms with Crippen LogP contribution in [0.5, 0.6) is 11.5 Å². The van der Waals surface area contributed by atoms with Crippen molar-refractivity contribution in [3.8, 4) is 11.5 Å². The molecule has 4 nitrogen and oxygen atoms in total. The first-order valence-electron chi connectivity index (χ1n) is 7.79. The van der Waals surface area contributed by atoms with Gasteiger partial charge in [0.15, 0.2) is 0 Å². The number of methoxy groups -OCH3 is 1. The molecule has 2 aromatic carbocycles. The first-order valence-corrected chi connectivity index (χ1v) is 8.77. The van der Waals surface area contributed by atoms with Crippen molar-refractivity contribution in [1.29, 1.82) is 0 Å². The molecule has 0 spiro atoms. The fourth-order valence-electron chi connectivity index (χ4n) is 2.06. The summed E-state index contributed by atoms with van der Waals surface area (Å²) in [5.74, 6) is 2.15. The van der Waals surface area contributed by atoms with E-state index in [0.29, 0.717) is 18.9 Å². The van der Waals surface area contributed by atoms with Crippen LogP contribution in [0.1, 0.15) is 5.56 Å². The molecule has 2 aromatic rings. The monoisotopic (exact) mass is 345 g/mol. The Hall–Kier alpha value is -2.14. The Morgan fingerprint density at radius 1 is 1.12 bits per heavy atom. The van der Waals surface area contributed by atoms with Crippen LogP contribution in [0.15, 0.2) is 53.4 Å². The van der Waals surface area contributed by atoms with Crippen molar-refractivity contribution < 1.29 is 14.3 Å². The van der Waals surface area contributed by atoms with E-state index in [9.17, 15) is 4.79 Å². The van der Waals surface area contributed by atoms with Gasteiger partial charge < -0.3 is 14.4 Å². The minimum atomic E-state index is 0.0867. The van der Waals surface area contributed by atoms with Crippen LogP contribution in [0.2, 0.25) is 0 Å². The van der Waals surface area contributed by atoms with E-state index in [1.54, 1.807) is 19.1 Å². The third-order valence-corrected chi connectivity index (χ3v) is 4.53. The summed E-state index contributed by atoms with van der Waals surface area (Å²) in [7, 11) is 3.44. The molecule has 0 aliphatic carbocycles. The quantitative estimate of drug-likeness (QED) is 0.685. The number of likely N-dealkylation sites (N-methyl/N-ethyl adjacent to an activating group) is 1. The molecule has 0 saturated carbocycles. The minimum Gasteiger partial charge on any atom is -0.497 e. The highest BCUT2D eigenvalue weighted by Crippen LogP contribution is 2.21. The van der Waals surface area contributed by atoms with E-state index in [0.717, 1.165) is 22.0 Å². The highest BCUT2D eigenvalue weighted by atomic mass is 32.2. The van der Waals surface area contributed by atoms with Gasteiger partial charge in [0.05, 0.1) is 19.4 Å². The zero-order valence-corrected chi connectivity index (χ0v) is 15.1. The fraction of sp³-hybridized carbons (Fsp3) is 0.316. The van der Waals surface area contributed by atoms with Gasteiger partial charge in [0.2, 0.25) is 5.91 Å². The zero-order valence-electron chi connectivity index (χ0n) is 14.3. The summed E-state index contributed by atoms with van der Waals surface area (Å²) >= 11 is 1.52. The average Bonchev–Trinajstić information content (AvgIpc) is 2.60. The van der Waals surface area contributed by atoms with Gasteiger partial charge in [-0.15, -0.1) is 11.8 Å². The Kier molecular flexibility index (Phi) is 7.00. The number of aryl methyl sites for hydroxylation is 1. The normalized spacial score (nSPS) is 10.3. The molecule has 5 heteroatoms. The van der Waals surface area contributed by atoms with Gasteiger partial charge in [0.25, 0.3) is 0 Å². The van der Waals surface area contributed by atoms with Gasteiger partial charge in [-0.2, -0.15) is 0 Å². The second-order valence-electron chi connectivity index (χ2n) is 5.44. The van der Waals surface area contributed by atoms with Crippen molar-refractivity contribution in [2.24, 2.45) is 0 Å². The summed E-state index contributed by atoms with van der Waals surface area (Å²) in [6.45, 7) is 3.08. The van der Waals surface area contributed by atoms with Crippen LogP contribution in [0.4, 0.5) is 0 Å². The third-order valence-electron chi connectivity index (χ3n) is 3.53. The Balaban J connectivity index is 1.71. The number of carbonyl (C=O) groups is 1. The van der Waals surface area contributed by atoms with Crippen LogP contribution < -0.4 is 9.47 Å². The first-order chi connectivity index (χ1) is 11.6. The second kappa shape index (κ2) is 9.23. The molecule has 0 saturated heterocycles. The fourth-order valence-corrected chi connectivity index (χ4v) is 2.90. The van der Waals surface area contributed by atoms with Crippen LogP contribution in [-0.4, -0.2) is 43.9 Å². The summed E-state index contributed by atoms with van der Waals surface area (Å²) in [5, 5.41) is 0. The van der Waals surface area contributed by atoms with E-state index >= 15 is 0 Å². The standard InChI is InChI=1S/C19H23NO3S/c1-15-5-4-6-17(13-15)23-12-11-20(2)19(21)14-24-18-9-7-16(22-3)8-10-18/h4-10,13H,11-12,14H2,1-3H3. The molecule has 0 aromatic heterocycles. The molecule has 0 radical (unpaired) electrons. The van der Waals surface area contributed by atoms with Gasteiger partial charge in [-0.3, -0.25) is 4.79 Å². The molecule has 24 heavy (non-hydrogen) atoms. The SMILES string of the molecule is COc1ccc(SCC(=O)N(C)CCOc2cccc(C)c2)cc1. The maximum atomic E-state index is 12.2. The molecule has 0 aliphatic heterocycles. The Bertz CT molecular complexity index is 658. The van der Waals surface area contributed by atoms with E-state index in [2.05, 4.69) is 0 Å². The first kappa shape index (κ1) is 18.2. The number of hydrogen-bond donors (Lipinski definition) is 0. The van der Waals surface area contributed by atoms with Gasteiger partial charge in [-0.05, 0) is 48.9 Å². The zero-order chi connectivity index (χ0) is 17.4. The average molecular weight is 345 g/mol. The van der Waals surface area contributed by atoms with Crippen molar-refractivity contribution in [2.45, 2.75) is 11.8 Å². The summed E-state index contributed by atoms with van der Waals surface area (Å²) in [6, 6.07) is 15.6. The van der Waals surface area contributed by atoms with Crippen molar-refractivity contribution in [3.63, 3.8) is 0 Å². The van der Waals surface area contributed by atoms with Crippen molar-refractivity contribution >= 4 is 17.7 Å². The van der Waals surface area contributed by atoms with Crippen LogP contribution >= 0.6 is 11.8 Å². The van der Waals surface area contributed by atoms with Crippen molar-refractivity contribution in [2.75, 3.05) is 33.1 Å². The lowest BCUT2D eigenvalue weighted by Gasteiger charge is -2.17. The molecule has 0 unspecified atom stereocenters. The Labute approximate surface area is 147 Å². The summed E-state index contributed by atoms with van der Waals surface area (Å²) in [4.78, 5) is 14.9. The van der Waals surface area contributed by atoms with Crippen molar-refractivity contribution in [3.05, 3.63) is 54.1 Å². The summed E-state index contributed by atoms with van der Waals surface area (Å²) in [5.41, 5.74) is 1.16. The number of hydrogen-bond acceptors (Lipinski definition) is 4.